The van der Waals surface area contributed by atoms with Crippen LogP contribution in [0, 0.1) is 0 Å². The van der Waals surface area contributed by atoms with E-state index in [9.17, 15) is 8.42 Å². The Labute approximate surface area is 129 Å². The number of phenols is 2. The average Bonchev–Trinajstić information content (AvgIpc) is 2.40. The predicted molar refractivity (Wildman–Crippen MR) is 83.3 cm³/mol. The summed E-state index contributed by atoms with van der Waals surface area (Å²) in [6.07, 6.45) is 0. The van der Waals surface area contributed by atoms with E-state index in [1.165, 1.54) is 0 Å². The van der Waals surface area contributed by atoms with Gasteiger partial charge in [0.15, 0.2) is 0 Å². The second kappa shape index (κ2) is 12.6. The van der Waals surface area contributed by atoms with Gasteiger partial charge in [0.2, 0.25) is 0 Å². The summed E-state index contributed by atoms with van der Waals surface area (Å²) in [5, 5.41) is 25.1. The SMILES string of the molecule is O.O=S(=O)(O)CCO.Oc1ccccc1.Oc1ccccc1. The minimum Gasteiger partial charge on any atom is -0.508 e. The molecule has 0 aliphatic rings. The van der Waals surface area contributed by atoms with Crippen LogP contribution in [0.3, 0.4) is 0 Å². The van der Waals surface area contributed by atoms with E-state index in [0.29, 0.717) is 11.5 Å². The van der Waals surface area contributed by atoms with E-state index in [1.807, 2.05) is 12.1 Å². The lowest BCUT2D eigenvalue weighted by molar-refractivity contribution is 0.315. The summed E-state index contributed by atoms with van der Waals surface area (Å²) in [5.74, 6) is 0.0671. The van der Waals surface area contributed by atoms with Gasteiger partial charge in [-0.15, -0.1) is 0 Å². The molecule has 0 fully saturated rings. The van der Waals surface area contributed by atoms with Gasteiger partial charge >= 0.3 is 0 Å². The van der Waals surface area contributed by atoms with Gasteiger partial charge < -0.3 is 20.8 Å². The van der Waals surface area contributed by atoms with E-state index in [-0.39, 0.29) is 5.48 Å². The lowest BCUT2D eigenvalue weighted by atomic mass is 10.3. The van der Waals surface area contributed by atoms with Crippen molar-refractivity contribution < 1.29 is 33.8 Å². The zero-order chi connectivity index (χ0) is 16.1. The van der Waals surface area contributed by atoms with Crippen LogP contribution in [0.1, 0.15) is 0 Å². The lowest BCUT2D eigenvalue weighted by Gasteiger charge is -1.85. The van der Waals surface area contributed by atoms with Crippen LogP contribution in [0.15, 0.2) is 60.7 Å². The highest BCUT2D eigenvalue weighted by Gasteiger charge is 1.99. The van der Waals surface area contributed by atoms with Crippen LogP contribution >= 0.6 is 0 Å². The van der Waals surface area contributed by atoms with Crippen molar-refractivity contribution in [2.45, 2.75) is 0 Å². The number of hydrogen-bond donors (Lipinski definition) is 4. The number of hydrogen-bond acceptors (Lipinski definition) is 5. The van der Waals surface area contributed by atoms with Gasteiger partial charge in [-0.3, -0.25) is 4.55 Å². The molecule has 0 saturated heterocycles. The van der Waals surface area contributed by atoms with Crippen molar-refractivity contribution in [3.8, 4) is 11.5 Å². The Morgan fingerprint density at radius 1 is 0.773 bits per heavy atom. The maximum absolute atomic E-state index is 9.63. The number of aliphatic hydroxyl groups is 1. The Kier molecular flexibility index (Phi) is 12.7. The fourth-order valence-electron chi connectivity index (χ4n) is 0.971. The zero-order valence-electron chi connectivity index (χ0n) is 11.7. The summed E-state index contributed by atoms with van der Waals surface area (Å²) in [7, 11) is -3.92. The Morgan fingerprint density at radius 2 is 1.09 bits per heavy atom. The normalized spacial score (nSPS) is 9.18. The summed E-state index contributed by atoms with van der Waals surface area (Å²) in [4.78, 5) is 0. The molecule has 0 amide bonds. The first kappa shape index (κ1) is 22.2. The fraction of sp³-hybridized carbons (Fsp3) is 0.143. The minimum absolute atomic E-state index is 0. The molecule has 0 unspecified atom stereocenters. The van der Waals surface area contributed by atoms with Gasteiger partial charge in [-0.2, -0.15) is 8.42 Å². The third-order valence-electron chi connectivity index (χ3n) is 1.86. The largest absolute Gasteiger partial charge is 0.508 e. The Balaban J connectivity index is 0. The third-order valence-corrected chi connectivity index (χ3v) is 2.56. The maximum Gasteiger partial charge on any atom is 0.267 e. The van der Waals surface area contributed by atoms with E-state index in [4.69, 9.17) is 19.9 Å². The second-order valence-corrected chi connectivity index (χ2v) is 5.25. The molecule has 8 heteroatoms. The smallest absolute Gasteiger partial charge is 0.267 e. The van der Waals surface area contributed by atoms with Crippen molar-refractivity contribution in [2.75, 3.05) is 12.4 Å². The van der Waals surface area contributed by atoms with E-state index in [0.717, 1.165) is 0 Å². The standard InChI is InChI=1S/2C6H6O.C2H6O4S.H2O/c2*7-6-4-2-1-3-5-6;3-1-2-7(4,5)6;/h2*1-5,7H;3H,1-2H2,(H,4,5,6);1H2. The molecular weight excluding hydrogens is 312 g/mol. The average molecular weight is 332 g/mol. The number of aromatic hydroxyl groups is 2. The molecular formula is C14H20O7S. The summed E-state index contributed by atoms with van der Waals surface area (Å²) >= 11 is 0. The highest BCUT2D eigenvalue weighted by atomic mass is 32.2. The van der Waals surface area contributed by atoms with Crippen LogP contribution in [0.2, 0.25) is 0 Å². The molecule has 0 spiro atoms. The van der Waals surface area contributed by atoms with Gasteiger partial charge in [-0.05, 0) is 24.3 Å². The van der Waals surface area contributed by atoms with Crippen molar-refractivity contribution in [3.63, 3.8) is 0 Å². The van der Waals surface area contributed by atoms with Crippen molar-refractivity contribution in [1.29, 1.82) is 0 Å². The first-order valence-electron chi connectivity index (χ1n) is 5.89. The van der Waals surface area contributed by atoms with Gasteiger partial charge in [0.1, 0.15) is 11.5 Å². The van der Waals surface area contributed by atoms with Gasteiger partial charge in [-0.25, -0.2) is 0 Å². The maximum atomic E-state index is 9.63. The molecule has 7 nitrogen and oxygen atoms in total. The van der Waals surface area contributed by atoms with Crippen LogP contribution in [0.4, 0.5) is 0 Å². The summed E-state index contributed by atoms with van der Waals surface area (Å²) in [6, 6.07) is 17.4. The highest BCUT2D eigenvalue weighted by molar-refractivity contribution is 7.85. The van der Waals surface area contributed by atoms with Gasteiger partial charge in [0.05, 0.1) is 12.4 Å². The van der Waals surface area contributed by atoms with Crippen LogP contribution in [0.5, 0.6) is 11.5 Å². The molecule has 0 radical (unpaired) electrons. The molecule has 22 heavy (non-hydrogen) atoms. The Bertz CT molecular complexity index is 533. The summed E-state index contributed by atoms with van der Waals surface area (Å²) in [6.45, 7) is -0.529. The Hall–Kier alpha value is -2.13. The van der Waals surface area contributed by atoms with E-state index in [2.05, 4.69) is 0 Å². The molecule has 2 aromatic rings. The lowest BCUT2D eigenvalue weighted by Crippen LogP contribution is -2.06. The molecule has 0 atom stereocenters. The quantitative estimate of drug-likeness (QED) is 0.599. The summed E-state index contributed by atoms with van der Waals surface area (Å²) < 4.78 is 27.1. The number of phenolic OH excluding ortho intramolecular Hbond substituents is 2. The van der Waals surface area contributed by atoms with Crippen LogP contribution in [-0.4, -0.2) is 46.1 Å². The van der Waals surface area contributed by atoms with Gasteiger partial charge in [0, 0.05) is 0 Å². The molecule has 0 aromatic heterocycles. The number of para-hydroxylation sites is 2. The topological polar surface area (TPSA) is 147 Å². The van der Waals surface area contributed by atoms with E-state index in [1.54, 1.807) is 48.5 Å². The molecule has 0 aliphatic heterocycles. The third kappa shape index (κ3) is 15.9. The number of aliphatic hydroxyl groups excluding tert-OH is 1. The van der Waals surface area contributed by atoms with Crippen LogP contribution in [-0.2, 0) is 10.1 Å². The highest BCUT2D eigenvalue weighted by Crippen LogP contribution is 2.03. The Morgan fingerprint density at radius 3 is 1.18 bits per heavy atom. The first-order valence-corrected chi connectivity index (χ1v) is 7.50. The zero-order valence-corrected chi connectivity index (χ0v) is 12.5. The fourth-order valence-corrected chi connectivity index (χ4v) is 1.20. The molecule has 124 valence electrons. The van der Waals surface area contributed by atoms with Gasteiger partial charge in [-0.1, -0.05) is 36.4 Å². The molecule has 2 rings (SSSR count). The predicted octanol–water partition coefficient (Wildman–Crippen LogP) is 0.826. The molecule has 0 saturated carbocycles. The molecule has 0 bridgehead atoms. The number of benzene rings is 2. The van der Waals surface area contributed by atoms with Crippen molar-refractivity contribution in [1.82, 2.24) is 0 Å². The van der Waals surface area contributed by atoms with Crippen LogP contribution in [0.25, 0.3) is 0 Å². The summed E-state index contributed by atoms with van der Waals surface area (Å²) in [5.41, 5.74) is 0. The van der Waals surface area contributed by atoms with Crippen molar-refractivity contribution >= 4 is 10.1 Å². The van der Waals surface area contributed by atoms with E-state index >= 15 is 0 Å². The molecule has 0 aliphatic carbocycles. The van der Waals surface area contributed by atoms with E-state index < -0.39 is 22.5 Å². The van der Waals surface area contributed by atoms with Crippen LogP contribution < -0.4 is 0 Å². The monoisotopic (exact) mass is 332 g/mol. The first-order chi connectivity index (χ1) is 9.85. The molecule has 2 aromatic carbocycles. The molecule has 0 heterocycles. The second-order valence-electron chi connectivity index (χ2n) is 3.68. The minimum atomic E-state index is -3.92. The van der Waals surface area contributed by atoms with Gasteiger partial charge in [0.25, 0.3) is 10.1 Å². The van der Waals surface area contributed by atoms with Crippen molar-refractivity contribution in [2.24, 2.45) is 0 Å². The molecule has 6 N–H and O–H groups in total. The number of rotatable bonds is 2. The van der Waals surface area contributed by atoms with Crippen molar-refractivity contribution in [3.05, 3.63) is 60.7 Å².